The lowest BCUT2D eigenvalue weighted by atomic mass is 9.82. The minimum absolute atomic E-state index is 0.176. The minimum atomic E-state index is -0.377. The van der Waals surface area contributed by atoms with Crippen molar-refractivity contribution in [1.29, 1.82) is 0 Å². The highest BCUT2D eigenvalue weighted by Gasteiger charge is 2.41. The van der Waals surface area contributed by atoms with Crippen LogP contribution in [0.3, 0.4) is 0 Å². The maximum absolute atomic E-state index is 12.9. The number of carbonyl (C=O) groups is 1. The van der Waals surface area contributed by atoms with Gasteiger partial charge in [0.25, 0.3) is 0 Å². The second kappa shape index (κ2) is 7.52. The van der Waals surface area contributed by atoms with E-state index < -0.39 is 0 Å². The molecule has 1 aromatic carbocycles. The average molecular weight is 439 g/mol. The molecular weight excluding hydrogens is 412 g/mol. The topological polar surface area (TPSA) is 79.9 Å². The van der Waals surface area contributed by atoms with E-state index in [4.69, 9.17) is 4.74 Å². The number of aryl methyl sites for hydroxylation is 2. The summed E-state index contributed by atoms with van der Waals surface area (Å²) in [6.07, 6.45) is 7.89. The van der Waals surface area contributed by atoms with E-state index in [1.807, 2.05) is 49.8 Å². The fourth-order valence-corrected chi connectivity index (χ4v) is 5.33. The molecule has 6 nitrogen and oxygen atoms in total. The predicted octanol–water partition coefficient (Wildman–Crippen LogP) is 5.00. The Hall–Kier alpha value is -3.51. The zero-order chi connectivity index (χ0) is 22.6. The first-order valence-electron chi connectivity index (χ1n) is 11.5. The molecule has 6 rings (SSSR count). The number of aromatic amines is 1. The lowest BCUT2D eigenvalue weighted by molar-refractivity contribution is 0.0188. The highest BCUT2D eigenvalue weighted by Crippen LogP contribution is 2.41. The van der Waals surface area contributed by atoms with E-state index in [2.05, 4.69) is 33.3 Å². The van der Waals surface area contributed by atoms with Crippen LogP contribution in [-0.4, -0.2) is 39.4 Å². The quantitative estimate of drug-likeness (QED) is 0.461. The van der Waals surface area contributed by atoms with Crippen LogP contribution < -0.4 is 10.1 Å². The van der Waals surface area contributed by atoms with Crippen LogP contribution in [0.25, 0.3) is 33.3 Å². The smallest absolute Gasteiger partial charge is 0.170 e. The molecule has 0 radical (unpaired) electrons. The highest BCUT2D eigenvalue weighted by molar-refractivity contribution is 6.02. The number of carbonyl (C=O) groups excluding carboxylic acids is 1. The van der Waals surface area contributed by atoms with Crippen LogP contribution in [0.1, 0.15) is 40.9 Å². The molecular formula is C27H26N4O2. The zero-order valence-corrected chi connectivity index (χ0v) is 18.9. The van der Waals surface area contributed by atoms with Gasteiger partial charge in [-0.25, -0.2) is 4.98 Å². The van der Waals surface area contributed by atoms with Crippen molar-refractivity contribution in [3.63, 3.8) is 0 Å². The van der Waals surface area contributed by atoms with Gasteiger partial charge >= 0.3 is 0 Å². The molecule has 2 N–H and O–H groups in total. The van der Waals surface area contributed by atoms with E-state index in [1.54, 1.807) is 0 Å². The van der Waals surface area contributed by atoms with Gasteiger partial charge in [0, 0.05) is 59.2 Å². The maximum Gasteiger partial charge on any atom is 0.170 e. The molecule has 1 saturated heterocycles. The lowest BCUT2D eigenvalue weighted by Gasteiger charge is -2.41. The Morgan fingerprint density at radius 1 is 1.00 bits per heavy atom. The number of fused-ring (bicyclic) bond motifs is 2. The summed E-state index contributed by atoms with van der Waals surface area (Å²) in [5.74, 6) is 0.873. The largest absolute Gasteiger partial charge is 0.486 e. The Balaban J connectivity index is 1.44. The molecule has 2 aliphatic rings. The zero-order valence-electron chi connectivity index (χ0n) is 18.9. The average Bonchev–Trinajstić information content (AvgIpc) is 3.22. The van der Waals surface area contributed by atoms with E-state index >= 15 is 0 Å². The van der Waals surface area contributed by atoms with Gasteiger partial charge in [-0.2, -0.15) is 0 Å². The summed E-state index contributed by atoms with van der Waals surface area (Å²) in [6, 6.07) is 10.1. The Labute approximate surface area is 192 Å². The van der Waals surface area contributed by atoms with Crippen LogP contribution in [0.15, 0.2) is 48.9 Å². The van der Waals surface area contributed by atoms with Gasteiger partial charge in [-0.05, 0) is 62.3 Å². The van der Waals surface area contributed by atoms with Gasteiger partial charge < -0.3 is 15.0 Å². The van der Waals surface area contributed by atoms with Crippen LogP contribution in [0.2, 0.25) is 0 Å². The second-order valence-corrected chi connectivity index (χ2v) is 9.26. The third-order valence-electron chi connectivity index (χ3n) is 7.09. The number of hydrogen-bond acceptors (Lipinski definition) is 5. The monoisotopic (exact) mass is 438 g/mol. The molecule has 1 spiro atoms. The Morgan fingerprint density at radius 3 is 2.67 bits per heavy atom. The normalized spacial score (nSPS) is 17.2. The number of ether oxygens (including phenoxy) is 1. The third kappa shape index (κ3) is 3.33. The lowest BCUT2D eigenvalue weighted by Crippen LogP contribution is -2.49. The predicted molar refractivity (Wildman–Crippen MR) is 129 cm³/mol. The molecule has 0 unspecified atom stereocenters. The van der Waals surface area contributed by atoms with Crippen LogP contribution in [0.4, 0.5) is 0 Å². The molecule has 0 aliphatic carbocycles. The number of H-pyrrole nitrogens is 1. The van der Waals surface area contributed by atoms with Gasteiger partial charge in [0.05, 0.1) is 12.0 Å². The molecule has 0 atom stereocenters. The SMILES string of the molecule is Cc1ccnc(C)c1-c1cnc2[nH]cc(-c3ccc4c(c3)OC3(CCNCC3)CC4=O)c2c1. The van der Waals surface area contributed by atoms with E-state index in [1.165, 1.54) is 5.56 Å². The van der Waals surface area contributed by atoms with E-state index in [0.717, 1.165) is 64.9 Å². The first kappa shape index (κ1) is 20.1. The number of piperidine rings is 1. The number of Topliss-reactive ketones (excluding diaryl/α,β-unsaturated/α-hetero) is 1. The molecule has 2 aliphatic heterocycles. The molecule has 0 bridgehead atoms. The number of ketones is 1. The van der Waals surface area contributed by atoms with E-state index in [-0.39, 0.29) is 11.4 Å². The fraction of sp³-hybridized carbons (Fsp3) is 0.296. The Kier molecular flexibility index (Phi) is 4.59. The van der Waals surface area contributed by atoms with E-state index in [0.29, 0.717) is 17.7 Å². The van der Waals surface area contributed by atoms with Crippen LogP contribution >= 0.6 is 0 Å². The molecule has 1 fully saturated rings. The highest BCUT2D eigenvalue weighted by atomic mass is 16.5. The molecule has 5 heterocycles. The fourth-order valence-electron chi connectivity index (χ4n) is 5.33. The summed E-state index contributed by atoms with van der Waals surface area (Å²) in [5, 5.41) is 4.40. The first-order chi connectivity index (χ1) is 16.0. The summed E-state index contributed by atoms with van der Waals surface area (Å²) < 4.78 is 6.51. The van der Waals surface area contributed by atoms with Gasteiger partial charge in [0.1, 0.15) is 17.0 Å². The van der Waals surface area contributed by atoms with Crippen molar-refractivity contribution in [3.05, 3.63) is 65.7 Å². The Morgan fingerprint density at radius 2 is 1.85 bits per heavy atom. The summed E-state index contributed by atoms with van der Waals surface area (Å²) in [4.78, 5) is 25.4. The van der Waals surface area contributed by atoms with Crippen molar-refractivity contribution in [2.24, 2.45) is 0 Å². The van der Waals surface area contributed by atoms with Crippen LogP contribution in [-0.2, 0) is 0 Å². The van der Waals surface area contributed by atoms with Crippen molar-refractivity contribution in [2.75, 3.05) is 13.1 Å². The van der Waals surface area contributed by atoms with Crippen molar-refractivity contribution in [1.82, 2.24) is 20.3 Å². The number of pyridine rings is 2. The van der Waals surface area contributed by atoms with Gasteiger partial charge in [0.2, 0.25) is 0 Å². The minimum Gasteiger partial charge on any atom is -0.486 e. The molecule has 0 amide bonds. The second-order valence-electron chi connectivity index (χ2n) is 9.26. The standard InChI is InChI=1S/C27H26N4O2/c1-16-5-8-29-17(2)25(16)19-11-21-22(15-31-26(21)30-14-19)18-3-4-20-23(32)13-27(33-24(20)12-18)6-9-28-10-7-27/h3-5,8,11-12,14-15,28H,6-7,9-10,13H2,1-2H3,(H,30,31). The van der Waals surface area contributed by atoms with Crippen molar-refractivity contribution in [2.45, 2.75) is 38.7 Å². The van der Waals surface area contributed by atoms with E-state index in [9.17, 15) is 4.79 Å². The number of nitrogens with one attached hydrogen (secondary N) is 2. The maximum atomic E-state index is 12.9. The number of benzene rings is 1. The van der Waals surface area contributed by atoms with Gasteiger partial charge in [-0.3, -0.25) is 9.78 Å². The summed E-state index contributed by atoms with van der Waals surface area (Å²) in [6.45, 7) is 5.89. The molecule has 6 heteroatoms. The number of hydrogen-bond donors (Lipinski definition) is 2. The summed E-state index contributed by atoms with van der Waals surface area (Å²) in [7, 11) is 0. The number of rotatable bonds is 2. The van der Waals surface area contributed by atoms with Crippen LogP contribution in [0.5, 0.6) is 5.75 Å². The van der Waals surface area contributed by atoms with Gasteiger partial charge in [-0.1, -0.05) is 6.07 Å². The molecule has 0 saturated carbocycles. The molecule has 33 heavy (non-hydrogen) atoms. The molecule has 166 valence electrons. The van der Waals surface area contributed by atoms with Crippen molar-refractivity contribution >= 4 is 16.8 Å². The number of aromatic nitrogens is 3. The van der Waals surface area contributed by atoms with Crippen LogP contribution in [0, 0.1) is 13.8 Å². The molecule has 4 aromatic rings. The summed E-state index contributed by atoms with van der Waals surface area (Å²) in [5.41, 5.74) is 7.52. The Bertz CT molecular complexity index is 1380. The molecule has 3 aromatic heterocycles. The third-order valence-corrected chi connectivity index (χ3v) is 7.09. The van der Waals surface area contributed by atoms with Crippen molar-refractivity contribution in [3.8, 4) is 28.0 Å². The van der Waals surface area contributed by atoms with Gasteiger partial charge in [-0.15, -0.1) is 0 Å². The van der Waals surface area contributed by atoms with Crippen molar-refractivity contribution < 1.29 is 9.53 Å². The number of nitrogens with zero attached hydrogens (tertiary/aromatic N) is 2. The summed E-state index contributed by atoms with van der Waals surface area (Å²) >= 11 is 0. The first-order valence-corrected chi connectivity index (χ1v) is 11.5. The van der Waals surface area contributed by atoms with Gasteiger partial charge in [0.15, 0.2) is 5.78 Å².